The Morgan fingerprint density at radius 1 is 1.27 bits per heavy atom. The number of ether oxygens (including phenoxy) is 2. The second kappa shape index (κ2) is 9.36. The molecule has 4 rings (SSSR count). The number of likely N-dealkylation sites (tertiary alicyclic amines) is 1. The Morgan fingerprint density at radius 2 is 2.06 bits per heavy atom. The molecule has 1 aromatic heterocycles. The zero-order valence-electron chi connectivity index (χ0n) is 18.8. The van der Waals surface area contributed by atoms with Crippen molar-refractivity contribution in [3.05, 3.63) is 47.5 Å². The Morgan fingerprint density at radius 3 is 2.79 bits per heavy atom. The Balaban J connectivity index is 1.65. The molecule has 2 atom stereocenters. The molecule has 1 unspecified atom stereocenters. The van der Waals surface area contributed by atoms with Gasteiger partial charge in [-0.15, -0.1) is 0 Å². The molecule has 2 aromatic carbocycles. The predicted octanol–water partition coefficient (Wildman–Crippen LogP) is 3.71. The lowest BCUT2D eigenvalue weighted by Crippen LogP contribution is -2.40. The van der Waals surface area contributed by atoms with Gasteiger partial charge in [-0.05, 0) is 25.2 Å². The first-order chi connectivity index (χ1) is 15.8. The van der Waals surface area contributed by atoms with Gasteiger partial charge in [-0.3, -0.25) is 9.69 Å². The molecule has 0 saturated carbocycles. The number of rotatable bonds is 6. The minimum atomic E-state index is -0.568. The van der Waals surface area contributed by atoms with Crippen molar-refractivity contribution in [3.63, 3.8) is 0 Å². The van der Waals surface area contributed by atoms with Gasteiger partial charge in [0, 0.05) is 38.5 Å². The highest BCUT2D eigenvalue weighted by Gasteiger charge is 2.36. The van der Waals surface area contributed by atoms with Crippen LogP contribution in [0.5, 0.6) is 11.5 Å². The predicted molar refractivity (Wildman–Crippen MR) is 125 cm³/mol. The number of hydrogen-bond acceptors (Lipinski definition) is 7. The fourth-order valence-corrected chi connectivity index (χ4v) is 4.12. The summed E-state index contributed by atoms with van der Waals surface area (Å²) in [6, 6.07) is 7.96. The van der Waals surface area contributed by atoms with E-state index in [0.29, 0.717) is 41.2 Å². The van der Waals surface area contributed by atoms with E-state index in [-0.39, 0.29) is 28.8 Å². The van der Waals surface area contributed by atoms with Crippen LogP contribution in [-0.2, 0) is 4.79 Å². The number of carbonyl (C=O) groups excluding carboxylic acids is 1. The molecule has 1 aliphatic heterocycles. The lowest BCUT2D eigenvalue weighted by Gasteiger charge is -2.21. The molecule has 1 saturated heterocycles. The van der Waals surface area contributed by atoms with E-state index in [1.165, 1.54) is 12.4 Å². The smallest absolute Gasteiger partial charge is 0.239 e. The quantitative estimate of drug-likeness (QED) is 0.584. The maximum atomic E-state index is 14.4. The number of aromatic nitrogens is 2. The van der Waals surface area contributed by atoms with Gasteiger partial charge in [-0.1, -0.05) is 17.7 Å². The number of benzene rings is 2. The number of likely N-dealkylation sites (N-methyl/N-ethyl adjacent to an activating group) is 2. The minimum Gasteiger partial charge on any atom is -0.493 e. The normalized spacial score (nSPS) is 18.4. The van der Waals surface area contributed by atoms with Gasteiger partial charge in [0.25, 0.3) is 0 Å². The molecule has 33 heavy (non-hydrogen) atoms. The summed E-state index contributed by atoms with van der Waals surface area (Å²) in [5.41, 5.74) is 0.798. The Kier molecular flexibility index (Phi) is 6.53. The zero-order valence-corrected chi connectivity index (χ0v) is 19.6. The second-order valence-corrected chi connectivity index (χ2v) is 8.54. The molecule has 8 nitrogen and oxygen atoms in total. The van der Waals surface area contributed by atoms with Crippen LogP contribution in [0.25, 0.3) is 10.9 Å². The van der Waals surface area contributed by atoms with E-state index in [1.54, 1.807) is 50.4 Å². The third kappa shape index (κ3) is 4.65. The van der Waals surface area contributed by atoms with E-state index >= 15 is 0 Å². The van der Waals surface area contributed by atoms with Crippen LogP contribution in [0.15, 0.2) is 36.7 Å². The largest absolute Gasteiger partial charge is 0.493 e. The number of fused-ring (bicyclic) bond motifs is 1. The van der Waals surface area contributed by atoms with Crippen LogP contribution in [-0.4, -0.2) is 72.6 Å². The fraction of sp³-hybridized carbons (Fsp3) is 0.348. The lowest BCUT2D eigenvalue weighted by atomic mass is 10.1. The van der Waals surface area contributed by atoms with Gasteiger partial charge in [-0.25, -0.2) is 14.4 Å². The highest BCUT2D eigenvalue weighted by Crippen LogP contribution is 2.37. The lowest BCUT2D eigenvalue weighted by molar-refractivity contribution is -0.133. The average Bonchev–Trinajstić information content (AvgIpc) is 3.16. The van der Waals surface area contributed by atoms with Crippen molar-refractivity contribution in [2.75, 3.05) is 40.1 Å². The van der Waals surface area contributed by atoms with Gasteiger partial charge in [0.1, 0.15) is 18.2 Å². The summed E-state index contributed by atoms with van der Waals surface area (Å²) >= 11 is 5.91. The molecule has 1 fully saturated rings. The van der Waals surface area contributed by atoms with E-state index in [1.807, 2.05) is 11.9 Å². The molecule has 2 heterocycles. The number of amides is 1. The van der Waals surface area contributed by atoms with Crippen molar-refractivity contribution in [2.45, 2.75) is 18.6 Å². The van der Waals surface area contributed by atoms with Crippen molar-refractivity contribution in [1.82, 2.24) is 19.8 Å². The summed E-state index contributed by atoms with van der Waals surface area (Å²) in [5.74, 6) is 0.869. The van der Waals surface area contributed by atoms with Crippen LogP contribution in [0.1, 0.15) is 6.42 Å². The van der Waals surface area contributed by atoms with Crippen LogP contribution in [0.2, 0.25) is 5.02 Å². The standard InChI is InChI=1S/C23H25ClFN5O3/c1-29(2)23(31)18-8-13(11-30(18)3)33-20-9-14-17(10-19(20)32-4)26-12-27-22(14)28-16-7-5-6-15(24)21(16)25/h5-7,9-10,12-13,18H,8,11H2,1-4H3,(H,26,27,28)/t13-,18?/m0/s1. The minimum absolute atomic E-state index is 0.0104. The molecule has 1 aliphatic rings. The molecule has 1 N–H and O–H groups in total. The van der Waals surface area contributed by atoms with Gasteiger partial charge in [0.15, 0.2) is 17.3 Å². The Hall–Kier alpha value is -3.17. The van der Waals surface area contributed by atoms with Crippen molar-refractivity contribution >= 4 is 39.9 Å². The number of nitrogens with one attached hydrogen (secondary N) is 1. The molecule has 10 heteroatoms. The van der Waals surface area contributed by atoms with E-state index in [9.17, 15) is 9.18 Å². The summed E-state index contributed by atoms with van der Waals surface area (Å²) in [4.78, 5) is 24.6. The maximum Gasteiger partial charge on any atom is 0.239 e. The van der Waals surface area contributed by atoms with Gasteiger partial charge in [0.05, 0.1) is 29.4 Å². The maximum absolute atomic E-state index is 14.4. The van der Waals surface area contributed by atoms with Crippen molar-refractivity contribution < 1.29 is 18.7 Å². The molecule has 174 valence electrons. The summed E-state index contributed by atoms with van der Waals surface area (Å²) in [5, 5.41) is 3.63. The van der Waals surface area contributed by atoms with E-state index < -0.39 is 5.82 Å². The summed E-state index contributed by atoms with van der Waals surface area (Å²) in [7, 11) is 6.94. The van der Waals surface area contributed by atoms with Crippen LogP contribution in [0, 0.1) is 5.82 Å². The third-order valence-electron chi connectivity index (χ3n) is 5.65. The molecule has 0 bridgehead atoms. The first-order valence-electron chi connectivity index (χ1n) is 10.4. The average molecular weight is 474 g/mol. The van der Waals surface area contributed by atoms with Crippen LogP contribution in [0.4, 0.5) is 15.9 Å². The molecule has 1 amide bonds. The van der Waals surface area contributed by atoms with Gasteiger partial charge in [-0.2, -0.15) is 0 Å². The molecule has 0 spiro atoms. The SMILES string of the molecule is COc1cc2ncnc(Nc3cccc(Cl)c3F)c2cc1O[C@H]1CC(C(=O)N(C)C)N(C)C1. The molecule has 0 aliphatic carbocycles. The van der Waals surface area contributed by atoms with E-state index in [0.717, 1.165) is 0 Å². The third-order valence-corrected chi connectivity index (χ3v) is 5.95. The molecule has 0 radical (unpaired) electrons. The summed E-state index contributed by atoms with van der Waals surface area (Å²) in [6.07, 6.45) is 1.73. The summed E-state index contributed by atoms with van der Waals surface area (Å²) < 4.78 is 26.2. The van der Waals surface area contributed by atoms with Crippen molar-refractivity contribution in [3.8, 4) is 11.5 Å². The number of nitrogens with zero attached hydrogens (tertiary/aromatic N) is 4. The number of halogens is 2. The molecule has 3 aromatic rings. The number of methoxy groups -OCH3 is 1. The highest BCUT2D eigenvalue weighted by atomic mass is 35.5. The number of carbonyl (C=O) groups is 1. The molecular formula is C23H25ClFN5O3. The molecular weight excluding hydrogens is 449 g/mol. The highest BCUT2D eigenvalue weighted by molar-refractivity contribution is 6.31. The van der Waals surface area contributed by atoms with Gasteiger partial charge in [0.2, 0.25) is 5.91 Å². The van der Waals surface area contributed by atoms with E-state index in [2.05, 4.69) is 15.3 Å². The Labute approximate surface area is 196 Å². The fourth-order valence-electron chi connectivity index (χ4n) is 3.95. The second-order valence-electron chi connectivity index (χ2n) is 8.13. The van der Waals surface area contributed by atoms with Crippen molar-refractivity contribution in [1.29, 1.82) is 0 Å². The number of hydrogen-bond donors (Lipinski definition) is 1. The first-order valence-corrected chi connectivity index (χ1v) is 10.8. The van der Waals surface area contributed by atoms with Crippen LogP contribution >= 0.6 is 11.6 Å². The zero-order chi connectivity index (χ0) is 23.7. The van der Waals surface area contributed by atoms with Crippen molar-refractivity contribution in [2.24, 2.45) is 0 Å². The van der Waals surface area contributed by atoms with Gasteiger partial charge >= 0.3 is 0 Å². The van der Waals surface area contributed by atoms with E-state index in [4.69, 9.17) is 21.1 Å². The first kappa shape index (κ1) is 23.0. The monoisotopic (exact) mass is 473 g/mol. The topological polar surface area (TPSA) is 79.8 Å². The number of anilines is 2. The summed E-state index contributed by atoms with van der Waals surface area (Å²) in [6.45, 7) is 0.593. The van der Waals surface area contributed by atoms with Gasteiger partial charge < -0.3 is 19.7 Å². The Bertz CT molecular complexity index is 1190. The van der Waals surface area contributed by atoms with Crippen LogP contribution < -0.4 is 14.8 Å². The van der Waals surface area contributed by atoms with Crippen LogP contribution in [0.3, 0.4) is 0 Å².